The molecule has 0 aliphatic rings. The fourth-order valence-electron chi connectivity index (χ4n) is 1.45. The Hall–Kier alpha value is -2.33. The van der Waals surface area contributed by atoms with Crippen molar-refractivity contribution in [2.24, 2.45) is 5.73 Å². The van der Waals surface area contributed by atoms with Gasteiger partial charge < -0.3 is 16.2 Å². The number of aliphatic hydroxyl groups excluding tert-OH is 1. The molecule has 0 radical (unpaired) electrons. The van der Waals surface area contributed by atoms with E-state index in [0.717, 1.165) is 5.56 Å². The number of hydrogen-bond acceptors (Lipinski definition) is 3. The van der Waals surface area contributed by atoms with Crippen molar-refractivity contribution in [1.82, 2.24) is 0 Å². The van der Waals surface area contributed by atoms with Crippen LogP contribution in [0.1, 0.15) is 12.5 Å². The van der Waals surface area contributed by atoms with E-state index in [1.807, 2.05) is 12.1 Å². The van der Waals surface area contributed by atoms with Crippen molar-refractivity contribution in [1.29, 1.82) is 0 Å². The minimum absolute atomic E-state index is 0.0471. The number of aliphatic hydroxyl groups is 1. The molecule has 1 rings (SSSR count). The topological polar surface area (TPSA) is 75.4 Å². The fraction of sp³-hybridized carbons (Fsp3) is 0.133. The van der Waals surface area contributed by atoms with Gasteiger partial charge in [0.1, 0.15) is 5.76 Å². The average Bonchev–Trinajstić information content (AvgIpc) is 2.39. The highest BCUT2D eigenvalue weighted by molar-refractivity contribution is 6.06. The van der Waals surface area contributed by atoms with Gasteiger partial charge in [-0.3, -0.25) is 4.79 Å². The van der Waals surface area contributed by atoms with Crippen molar-refractivity contribution in [3.05, 3.63) is 66.0 Å². The fourth-order valence-corrected chi connectivity index (χ4v) is 1.45. The third-order valence-corrected chi connectivity index (χ3v) is 2.48. The lowest BCUT2D eigenvalue weighted by molar-refractivity contribution is -0.112. The SMILES string of the molecule is C=C/C=C\C(C(=O)Nc1ccc(CN)cc1)=C(/C)O. The van der Waals surface area contributed by atoms with E-state index >= 15 is 0 Å². The summed E-state index contributed by atoms with van der Waals surface area (Å²) in [4.78, 5) is 12.0. The zero-order valence-electron chi connectivity index (χ0n) is 10.9. The summed E-state index contributed by atoms with van der Waals surface area (Å²) in [7, 11) is 0. The number of rotatable bonds is 5. The van der Waals surface area contributed by atoms with Crippen LogP contribution in [0.5, 0.6) is 0 Å². The first-order valence-electron chi connectivity index (χ1n) is 5.87. The van der Waals surface area contributed by atoms with E-state index in [0.29, 0.717) is 12.2 Å². The van der Waals surface area contributed by atoms with Crippen LogP contribution in [0.15, 0.2) is 60.4 Å². The molecule has 4 N–H and O–H groups in total. The molecular formula is C15H18N2O2. The summed E-state index contributed by atoms with van der Waals surface area (Å²) >= 11 is 0. The lowest BCUT2D eigenvalue weighted by Gasteiger charge is -2.07. The number of allylic oxidation sites excluding steroid dienone is 3. The van der Waals surface area contributed by atoms with Crippen molar-refractivity contribution in [3.8, 4) is 0 Å². The molecular weight excluding hydrogens is 240 g/mol. The second kappa shape index (κ2) is 7.18. The maximum atomic E-state index is 12.0. The van der Waals surface area contributed by atoms with Crippen LogP contribution in [0, 0.1) is 0 Å². The minimum Gasteiger partial charge on any atom is -0.512 e. The van der Waals surface area contributed by atoms with Crippen LogP contribution in [0.25, 0.3) is 0 Å². The second-order valence-corrected chi connectivity index (χ2v) is 3.95. The standard InChI is InChI=1S/C15H18N2O2/c1-3-4-5-14(11(2)18)15(19)17-13-8-6-12(10-16)7-9-13/h3-9,18H,1,10,16H2,2H3,(H,17,19)/b5-4-,14-11-. The van der Waals surface area contributed by atoms with Crippen molar-refractivity contribution < 1.29 is 9.90 Å². The molecule has 1 aromatic rings. The summed E-state index contributed by atoms with van der Waals surface area (Å²) in [5.74, 6) is -0.423. The Bertz CT molecular complexity index is 509. The molecule has 4 heteroatoms. The van der Waals surface area contributed by atoms with Gasteiger partial charge in [0.25, 0.3) is 5.91 Å². The molecule has 0 spiro atoms. The molecule has 19 heavy (non-hydrogen) atoms. The van der Waals surface area contributed by atoms with Crippen LogP contribution in [-0.2, 0) is 11.3 Å². The molecule has 0 aromatic heterocycles. The quantitative estimate of drug-likeness (QED) is 0.432. The van der Waals surface area contributed by atoms with Gasteiger partial charge in [0.15, 0.2) is 0 Å². The average molecular weight is 258 g/mol. The molecule has 0 unspecified atom stereocenters. The molecule has 0 saturated heterocycles. The van der Waals surface area contributed by atoms with Crippen molar-refractivity contribution in [3.63, 3.8) is 0 Å². The predicted molar refractivity (Wildman–Crippen MR) is 77.6 cm³/mol. The molecule has 0 aliphatic carbocycles. The van der Waals surface area contributed by atoms with Gasteiger partial charge in [-0.05, 0) is 30.7 Å². The van der Waals surface area contributed by atoms with Crippen LogP contribution in [0.4, 0.5) is 5.69 Å². The van der Waals surface area contributed by atoms with Gasteiger partial charge in [0.2, 0.25) is 0 Å². The summed E-state index contributed by atoms with van der Waals surface area (Å²) in [6.07, 6.45) is 4.63. The first-order chi connectivity index (χ1) is 9.08. The molecule has 0 atom stereocenters. The summed E-state index contributed by atoms with van der Waals surface area (Å²) in [6, 6.07) is 7.21. The third kappa shape index (κ3) is 4.44. The molecule has 1 amide bonds. The zero-order valence-corrected chi connectivity index (χ0v) is 10.9. The van der Waals surface area contributed by atoms with E-state index in [1.165, 1.54) is 19.1 Å². The van der Waals surface area contributed by atoms with E-state index in [-0.39, 0.29) is 17.2 Å². The number of nitrogens with one attached hydrogen (secondary N) is 1. The van der Waals surface area contributed by atoms with Crippen LogP contribution in [0.3, 0.4) is 0 Å². The van der Waals surface area contributed by atoms with Gasteiger partial charge in [0.05, 0.1) is 5.57 Å². The lowest BCUT2D eigenvalue weighted by atomic mass is 10.1. The predicted octanol–water partition coefficient (Wildman–Crippen LogP) is 2.66. The van der Waals surface area contributed by atoms with Crippen LogP contribution >= 0.6 is 0 Å². The first kappa shape index (κ1) is 14.7. The Morgan fingerprint density at radius 1 is 1.42 bits per heavy atom. The van der Waals surface area contributed by atoms with Gasteiger partial charge in [-0.1, -0.05) is 30.9 Å². The smallest absolute Gasteiger partial charge is 0.259 e. The number of carbonyl (C=O) groups is 1. The van der Waals surface area contributed by atoms with E-state index in [4.69, 9.17) is 5.73 Å². The summed E-state index contributed by atoms with van der Waals surface area (Å²) < 4.78 is 0. The number of amides is 1. The van der Waals surface area contributed by atoms with Gasteiger partial charge in [-0.15, -0.1) is 0 Å². The third-order valence-electron chi connectivity index (χ3n) is 2.48. The van der Waals surface area contributed by atoms with Crippen molar-refractivity contribution >= 4 is 11.6 Å². The minimum atomic E-state index is -0.376. The second-order valence-electron chi connectivity index (χ2n) is 3.95. The summed E-state index contributed by atoms with van der Waals surface area (Å²) in [6.45, 7) is 5.43. The zero-order chi connectivity index (χ0) is 14.3. The maximum Gasteiger partial charge on any atom is 0.259 e. The molecule has 1 aromatic carbocycles. The highest BCUT2D eigenvalue weighted by atomic mass is 16.3. The molecule has 0 heterocycles. The number of nitrogens with two attached hydrogens (primary N) is 1. The van der Waals surface area contributed by atoms with Gasteiger partial charge >= 0.3 is 0 Å². The van der Waals surface area contributed by atoms with E-state index in [1.54, 1.807) is 18.2 Å². The van der Waals surface area contributed by atoms with Crippen LogP contribution < -0.4 is 11.1 Å². The number of anilines is 1. The number of benzene rings is 1. The van der Waals surface area contributed by atoms with Gasteiger partial charge in [-0.25, -0.2) is 0 Å². The summed E-state index contributed by atoms with van der Waals surface area (Å²) in [5.41, 5.74) is 7.33. The van der Waals surface area contributed by atoms with Crippen molar-refractivity contribution in [2.45, 2.75) is 13.5 Å². The molecule has 0 bridgehead atoms. The maximum absolute atomic E-state index is 12.0. The van der Waals surface area contributed by atoms with Crippen LogP contribution in [0.2, 0.25) is 0 Å². The Balaban J connectivity index is 2.84. The Labute approximate surface area is 112 Å². The Morgan fingerprint density at radius 2 is 2.05 bits per heavy atom. The van der Waals surface area contributed by atoms with E-state index < -0.39 is 0 Å². The number of carbonyl (C=O) groups excluding carboxylic acids is 1. The normalized spacial score (nSPS) is 12.1. The monoisotopic (exact) mass is 258 g/mol. The Kier molecular flexibility index (Phi) is 5.57. The molecule has 0 fully saturated rings. The summed E-state index contributed by atoms with van der Waals surface area (Å²) in [5, 5.41) is 12.2. The van der Waals surface area contributed by atoms with Gasteiger partial charge in [-0.2, -0.15) is 0 Å². The van der Waals surface area contributed by atoms with Gasteiger partial charge in [0, 0.05) is 12.2 Å². The number of hydrogen-bond donors (Lipinski definition) is 3. The van der Waals surface area contributed by atoms with E-state index in [2.05, 4.69) is 11.9 Å². The lowest BCUT2D eigenvalue weighted by Crippen LogP contribution is -2.14. The highest BCUT2D eigenvalue weighted by Crippen LogP contribution is 2.12. The first-order valence-corrected chi connectivity index (χ1v) is 5.87. The van der Waals surface area contributed by atoms with E-state index in [9.17, 15) is 9.90 Å². The van der Waals surface area contributed by atoms with Crippen LogP contribution in [-0.4, -0.2) is 11.0 Å². The largest absolute Gasteiger partial charge is 0.512 e. The van der Waals surface area contributed by atoms with Crippen molar-refractivity contribution in [2.75, 3.05) is 5.32 Å². The molecule has 0 saturated carbocycles. The molecule has 4 nitrogen and oxygen atoms in total. The molecule has 0 aliphatic heterocycles. The Morgan fingerprint density at radius 3 is 2.53 bits per heavy atom. The highest BCUT2D eigenvalue weighted by Gasteiger charge is 2.10. The molecule has 100 valence electrons.